The van der Waals surface area contributed by atoms with E-state index in [1.54, 1.807) is 0 Å². The Morgan fingerprint density at radius 2 is 2.56 bits per heavy atom. The molecule has 0 atom stereocenters. The van der Waals surface area contributed by atoms with Crippen LogP contribution in [0.2, 0.25) is 0 Å². The van der Waals surface area contributed by atoms with Gasteiger partial charge in [-0.15, -0.1) is 0 Å². The van der Waals surface area contributed by atoms with Crippen molar-refractivity contribution in [3.63, 3.8) is 0 Å². The van der Waals surface area contributed by atoms with Gasteiger partial charge in [0.25, 0.3) is 0 Å². The lowest BCUT2D eigenvalue weighted by Gasteiger charge is -2.20. The fourth-order valence-corrected chi connectivity index (χ4v) is 0.753. The summed E-state index contributed by atoms with van der Waals surface area (Å²) in [6.07, 6.45) is 5.95. The van der Waals surface area contributed by atoms with Crippen LogP contribution in [0, 0.1) is 12.5 Å². The highest BCUT2D eigenvalue weighted by molar-refractivity contribution is 5.76. The fourth-order valence-electron chi connectivity index (χ4n) is 0.753. The van der Waals surface area contributed by atoms with Gasteiger partial charge in [-0.3, -0.25) is 4.90 Å². The summed E-state index contributed by atoms with van der Waals surface area (Å²) in [5.74, 6) is 0. The lowest BCUT2D eigenvalue weighted by molar-refractivity contribution is 0.209. The van der Waals surface area contributed by atoms with Gasteiger partial charge in [-0.25, -0.2) is 4.79 Å². The second-order valence-electron chi connectivity index (χ2n) is 1.87. The molecule has 0 spiro atoms. The minimum absolute atomic E-state index is 0.149. The molecule has 0 aliphatic carbocycles. The lowest BCUT2D eigenvalue weighted by Crippen LogP contribution is -2.43. The van der Waals surface area contributed by atoms with Gasteiger partial charge in [0.2, 0.25) is 0 Å². The van der Waals surface area contributed by atoms with E-state index >= 15 is 0 Å². The molecular formula is C6H8N2O. The van der Waals surface area contributed by atoms with Crippen molar-refractivity contribution >= 4 is 6.03 Å². The maximum Gasteiger partial charge on any atom is 0.329 e. The lowest BCUT2D eigenvalue weighted by atomic mass is 10.3. The summed E-state index contributed by atoms with van der Waals surface area (Å²) in [4.78, 5) is 12.0. The van der Waals surface area contributed by atoms with E-state index in [0.717, 1.165) is 13.0 Å². The Kier molecular flexibility index (Phi) is 1.59. The average Bonchev–Trinajstić information content (AvgIpc) is 1.89. The molecule has 3 heteroatoms. The van der Waals surface area contributed by atoms with Gasteiger partial charge < -0.3 is 5.32 Å². The van der Waals surface area contributed by atoms with Crippen molar-refractivity contribution in [3.05, 3.63) is 0 Å². The molecule has 1 heterocycles. The average molecular weight is 124 g/mol. The van der Waals surface area contributed by atoms with Gasteiger partial charge in [-0.1, -0.05) is 6.42 Å². The van der Waals surface area contributed by atoms with Gasteiger partial charge in [0, 0.05) is 19.1 Å². The van der Waals surface area contributed by atoms with Crippen LogP contribution < -0.4 is 5.32 Å². The summed E-state index contributed by atoms with van der Waals surface area (Å²) < 4.78 is 0. The van der Waals surface area contributed by atoms with Gasteiger partial charge in [0.15, 0.2) is 0 Å². The van der Waals surface area contributed by atoms with E-state index in [-0.39, 0.29) is 6.03 Å². The molecule has 3 nitrogen and oxygen atoms in total. The molecule has 1 rings (SSSR count). The van der Waals surface area contributed by atoms with Crippen LogP contribution in [0.4, 0.5) is 4.79 Å². The number of urea groups is 1. The Hall–Kier alpha value is -1.17. The van der Waals surface area contributed by atoms with E-state index in [2.05, 4.69) is 11.4 Å². The highest BCUT2D eigenvalue weighted by Crippen LogP contribution is 1.94. The zero-order chi connectivity index (χ0) is 6.69. The summed E-state index contributed by atoms with van der Waals surface area (Å²) in [7, 11) is 0. The SMILES string of the molecule is C#CN1CCCNC1=O. The Bertz CT molecular complexity index is 159. The van der Waals surface area contributed by atoms with Gasteiger partial charge in [-0.05, 0) is 6.42 Å². The monoisotopic (exact) mass is 124 g/mol. The van der Waals surface area contributed by atoms with Crippen molar-refractivity contribution in [1.29, 1.82) is 0 Å². The second kappa shape index (κ2) is 2.40. The van der Waals surface area contributed by atoms with Gasteiger partial charge in [0.05, 0.1) is 0 Å². The van der Waals surface area contributed by atoms with Gasteiger partial charge in [-0.2, -0.15) is 0 Å². The third kappa shape index (κ3) is 1.14. The standard InChI is InChI=1S/C6H8N2O/c1-2-8-5-3-4-7-6(8)9/h1H,3-5H2,(H,7,9). The number of terminal acetylenes is 1. The molecule has 0 aromatic heterocycles. The molecule has 48 valence electrons. The van der Waals surface area contributed by atoms with Crippen LogP contribution in [0.5, 0.6) is 0 Å². The highest BCUT2D eigenvalue weighted by Gasteiger charge is 2.13. The zero-order valence-electron chi connectivity index (χ0n) is 5.05. The van der Waals surface area contributed by atoms with Crippen LogP contribution in [0.1, 0.15) is 6.42 Å². The predicted molar refractivity (Wildman–Crippen MR) is 33.6 cm³/mol. The summed E-state index contributed by atoms with van der Waals surface area (Å²) >= 11 is 0. The highest BCUT2D eigenvalue weighted by atomic mass is 16.2. The normalized spacial score (nSPS) is 18.6. The van der Waals surface area contributed by atoms with Crippen LogP contribution in [0.15, 0.2) is 0 Å². The second-order valence-corrected chi connectivity index (χ2v) is 1.87. The molecule has 1 saturated heterocycles. The molecule has 0 bridgehead atoms. The molecule has 1 aliphatic rings. The van der Waals surface area contributed by atoms with Gasteiger partial charge >= 0.3 is 6.03 Å². The van der Waals surface area contributed by atoms with E-state index in [1.165, 1.54) is 4.90 Å². The van der Waals surface area contributed by atoms with Crippen molar-refractivity contribution in [2.24, 2.45) is 0 Å². The minimum Gasteiger partial charge on any atom is -0.337 e. The molecule has 1 fully saturated rings. The van der Waals surface area contributed by atoms with Crippen LogP contribution in [0.25, 0.3) is 0 Å². The number of carbonyl (C=O) groups is 1. The number of hydrogen-bond donors (Lipinski definition) is 1. The summed E-state index contributed by atoms with van der Waals surface area (Å²) in [6, 6.07) is 2.13. The molecule has 0 saturated carbocycles. The Balaban J connectivity index is 2.51. The molecule has 9 heavy (non-hydrogen) atoms. The molecule has 0 aromatic carbocycles. The topological polar surface area (TPSA) is 32.3 Å². The molecule has 0 radical (unpaired) electrons. The maximum absolute atomic E-state index is 10.7. The molecule has 1 aliphatic heterocycles. The van der Waals surface area contributed by atoms with Crippen LogP contribution in [-0.2, 0) is 0 Å². The smallest absolute Gasteiger partial charge is 0.329 e. The van der Waals surface area contributed by atoms with Crippen LogP contribution in [-0.4, -0.2) is 24.0 Å². The van der Waals surface area contributed by atoms with E-state index in [9.17, 15) is 4.79 Å². The maximum atomic E-state index is 10.7. The summed E-state index contributed by atoms with van der Waals surface area (Å²) in [5, 5.41) is 2.63. The van der Waals surface area contributed by atoms with Gasteiger partial charge in [0.1, 0.15) is 0 Å². The van der Waals surface area contributed by atoms with Crippen molar-refractivity contribution in [1.82, 2.24) is 10.2 Å². The van der Waals surface area contributed by atoms with Crippen LogP contribution in [0.3, 0.4) is 0 Å². The van der Waals surface area contributed by atoms with E-state index in [4.69, 9.17) is 6.42 Å². The first-order chi connectivity index (χ1) is 4.34. The third-order valence-corrected chi connectivity index (χ3v) is 1.24. The first-order valence-electron chi connectivity index (χ1n) is 2.86. The first kappa shape index (κ1) is 5.96. The molecular weight excluding hydrogens is 116 g/mol. The summed E-state index contributed by atoms with van der Waals surface area (Å²) in [6.45, 7) is 1.43. The number of amides is 2. The van der Waals surface area contributed by atoms with Crippen LogP contribution >= 0.6 is 0 Å². The van der Waals surface area contributed by atoms with Crippen molar-refractivity contribution in [2.75, 3.05) is 13.1 Å². The van der Waals surface area contributed by atoms with E-state index < -0.39 is 0 Å². The van der Waals surface area contributed by atoms with Crippen molar-refractivity contribution in [3.8, 4) is 12.5 Å². The van der Waals surface area contributed by atoms with E-state index in [1.807, 2.05) is 0 Å². The zero-order valence-corrected chi connectivity index (χ0v) is 5.05. The number of nitrogens with one attached hydrogen (secondary N) is 1. The first-order valence-corrected chi connectivity index (χ1v) is 2.86. The number of rotatable bonds is 0. The Labute approximate surface area is 54.0 Å². The molecule has 0 aromatic rings. The quantitative estimate of drug-likeness (QED) is 0.453. The fraction of sp³-hybridized carbons (Fsp3) is 0.500. The third-order valence-electron chi connectivity index (χ3n) is 1.24. The predicted octanol–water partition coefficient (Wildman–Crippen LogP) is -0.00760. The Morgan fingerprint density at radius 1 is 1.78 bits per heavy atom. The van der Waals surface area contributed by atoms with E-state index in [0.29, 0.717) is 6.54 Å². The van der Waals surface area contributed by atoms with Crippen molar-refractivity contribution < 1.29 is 4.79 Å². The minimum atomic E-state index is -0.149. The number of hydrogen-bond acceptors (Lipinski definition) is 1. The molecule has 0 unspecified atom stereocenters. The Morgan fingerprint density at radius 3 is 3.00 bits per heavy atom. The molecule has 1 N–H and O–H groups in total. The molecule has 2 amide bonds. The summed E-state index contributed by atoms with van der Waals surface area (Å²) in [5.41, 5.74) is 0. The van der Waals surface area contributed by atoms with Crippen molar-refractivity contribution in [2.45, 2.75) is 6.42 Å². The largest absolute Gasteiger partial charge is 0.337 e. The number of carbonyl (C=O) groups excluding carboxylic acids is 1. The number of nitrogens with zero attached hydrogens (tertiary/aromatic N) is 1.